The minimum Gasteiger partial charge on any atom is -0.494 e. The number of carboxylic acid groups (broad SMARTS) is 1. The average Bonchev–Trinajstić information content (AvgIpc) is 2.91. The second-order valence-electron chi connectivity index (χ2n) is 9.03. The van der Waals surface area contributed by atoms with Crippen LogP contribution in [0.25, 0.3) is 22.9 Å². The highest BCUT2D eigenvalue weighted by Crippen LogP contribution is 2.25. The van der Waals surface area contributed by atoms with Gasteiger partial charge in [-0.05, 0) is 79.3 Å². The van der Waals surface area contributed by atoms with E-state index in [4.69, 9.17) is 26.4 Å². The highest BCUT2D eigenvalue weighted by Gasteiger charge is 2.06. The summed E-state index contributed by atoms with van der Waals surface area (Å²) < 4.78 is 5.71. The van der Waals surface area contributed by atoms with Gasteiger partial charge in [-0.25, -0.2) is 0 Å². The van der Waals surface area contributed by atoms with Crippen LogP contribution in [0.2, 0.25) is 5.02 Å². The van der Waals surface area contributed by atoms with Crippen LogP contribution >= 0.6 is 11.6 Å². The third kappa shape index (κ3) is 9.24. The number of rotatable bonds is 13. The zero-order valence-electron chi connectivity index (χ0n) is 22.2. The molecule has 0 saturated carbocycles. The number of carbonyl (C=O) groups is 1. The molecule has 0 saturated heterocycles. The summed E-state index contributed by atoms with van der Waals surface area (Å²) in [5.41, 5.74) is 6.33. The number of hydrogen-bond acceptors (Lipinski definition) is 4. The van der Waals surface area contributed by atoms with Crippen LogP contribution in [0.4, 0.5) is 0 Å². The van der Waals surface area contributed by atoms with Crippen LogP contribution < -0.4 is 4.74 Å². The highest BCUT2D eigenvalue weighted by atomic mass is 35.5. The van der Waals surface area contributed by atoms with Gasteiger partial charge in [-0.3, -0.25) is 9.79 Å². The third-order valence-corrected chi connectivity index (χ3v) is 6.28. The first-order valence-electron chi connectivity index (χ1n) is 12.8. The molecule has 0 aliphatic rings. The Bertz CT molecular complexity index is 1280. The number of aliphatic carboxylic acids is 1. The summed E-state index contributed by atoms with van der Waals surface area (Å²) >= 11 is 6.14. The molecule has 3 aromatic rings. The van der Waals surface area contributed by atoms with Crippen molar-refractivity contribution in [1.82, 2.24) is 4.90 Å². The van der Waals surface area contributed by atoms with Gasteiger partial charge in [0.1, 0.15) is 5.75 Å². The first kappa shape index (κ1) is 28.7. The van der Waals surface area contributed by atoms with Gasteiger partial charge in [-0.2, -0.15) is 0 Å². The predicted octanol–water partition coefficient (Wildman–Crippen LogP) is 7.98. The van der Waals surface area contributed by atoms with E-state index < -0.39 is 5.97 Å². The van der Waals surface area contributed by atoms with Crippen molar-refractivity contribution < 1.29 is 14.6 Å². The van der Waals surface area contributed by atoms with Crippen LogP contribution in [0, 0.1) is 6.92 Å². The average molecular weight is 531 g/mol. The highest BCUT2D eigenvalue weighted by molar-refractivity contribution is 6.30. The second-order valence-corrected chi connectivity index (χ2v) is 9.47. The molecule has 38 heavy (non-hydrogen) atoms. The summed E-state index contributed by atoms with van der Waals surface area (Å²) in [6, 6.07) is 22.2. The lowest BCUT2D eigenvalue weighted by atomic mass is 10.0. The van der Waals surface area contributed by atoms with Crippen molar-refractivity contribution in [3.8, 4) is 16.9 Å². The molecule has 0 fully saturated rings. The smallest absolute Gasteiger partial charge is 0.303 e. The molecule has 3 aromatic carbocycles. The Kier molecular flexibility index (Phi) is 11.2. The number of nitrogens with zero attached hydrogens (tertiary/aromatic N) is 2. The number of halogens is 1. The van der Waals surface area contributed by atoms with Gasteiger partial charge in [-0.15, -0.1) is 0 Å². The van der Waals surface area contributed by atoms with Crippen LogP contribution in [0.1, 0.15) is 42.9 Å². The first-order chi connectivity index (χ1) is 18.4. The standard InChI is InChI=1S/C32H35ClN2O3/c1-4-35(3)23-31(30-19-16-28(33)22-24(30)2)34-20-7-8-25-10-12-26(13-11-25)27-14-17-29(18-15-27)38-21-6-5-9-32(36)37/h7-8,10-20,22-23H,4-6,9,21H2,1-3H3,(H,36,37)/b8-7+,31-23-,34-20-. The van der Waals surface area contributed by atoms with Crippen LogP contribution in [0.5, 0.6) is 5.75 Å². The number of aliphatic imine (C=N–C) groups is 1. The molecular formula is C32H35ClN2O3. The van der Waals surface area contributed by atoms with E-state index in [1.165, 1.54) is 0 Å². The van der Waals surface area contributed by atoms with Crippen molar-refractivity contribution in [2.24, 2.45) is 4.99 Å². The lowest BCUT2D eigenvalue weighted by molar-refractivity contribution is -0.137. The number of unbranched alkanes of at least 4 members (excludes halogenated alkanes) is 1. The number of aryl methyl sites for hydroxylation is 1. The number of carboxylic acids is 1. The van der Waals surface area contributed by atoms with E-state index in [0.29, 0.717) is 13.0 Å². The Morgan fingerprint density at radius 1 is 1.03 bits per heavy atom. The maximum Gasteiger partial charge on any atom is 0.303 e. The monoisotopic (exact) mass is 530 g/mol. The SMILES string of the molecule is CCN(C)\C=C(/N=C\C=C\c1ccc(-c2ccc(OCCCCC(=O)O)cc2)cc1)c1ccc(Cl)cc1C. The molecule has 0 atom stereocenters. The van der Waals surface area contributed by atoms with Crippen molar-refractivity contribution >= 4 is 35.6 Å². The summed E-state index contributed by atoms with van der Waals surface area (Å²) in [5, 5.41) is 9.41. The fourth-order valence-corrected chi connectivity index (χ4v) is 3.99. The molecule has 0 heterocycles. The van der Waals surface area contributed by atoms with Gasteiger partial charge in [0.05, 0.1) is 12.3 Å². The largest absolute Gasteiger partial charge is 0.494 e. The molecule has 0 bridgehead atoms. The number of benzene rings is 3. The van der Waals surface area contributed by atoms with E-state index in [-0.39, 0.29) is 6.42 Å². The number of allylic oxidation sites excluding steroid dienone is 1. The summed E-state index contributed by atoms with van der Waals surface area (Å²) in [5.74, 6) is 0.0187. The molecular weight excluding hydrogens is 496 g/mol. The van der Waals surface area contributed by atoms with Gasteiger partial charge in [-0.1, -0.05) is 60.1 Å². The molecule has 6 heteroatoms. The molecule has 0 aromatic heterocycles. The topological polar surface area (TPSA) is 62.1 Å². The Morgan fingerprint density at radius 3 is 2.34 bits per heavy atom. The van der Waals surface area contributed by atoms with Gasteiger partial charge in [0, 0.05) is 43.0 Å². The molecule has 0 spiro atoms. The Hall–Kier alpha value is -3.83. The quantitative estimate of drug-likeness (QED) is 0.180. The Balaban J connectivity index is 1.60. The summed E-state index contributed by atoms with van der Waals surface area (Å²) in [6.07, 6.45) is 9.37. The second kappa shape index (κ2) is 14.8. The lowest BCUT2D eigenvalue weighted by Gasteiger charge is -2.14. The summed E-state index contributed by atoms with van der Waals surface area (Å²) in [7, 11) is 2.03. The summed E-state index contributed by atoms with van der Waals surface area (Å²) in [4.78, 5) is 17.4. The van der Waals surface area contributed by atoms with Crippen molar-refractivity contribution in [3.05, 3.63) is 101 Å². The lowest BCUT2D eigenvalue weighted by Crippen LogP contribution is -2.09. The molecule has 0 amide bonds. The van der Waals surface area contributed by atoms with E-state index >= 15 is 0 Å². The molecule has 3 rings (SSSR count). The maximum atomic E-state index is 10.6. The summed E-state index contributed by atoms with van der Waals surface area (Å²) in [6.45, 7) is 5.55. The number of hydrogen-bond donors (Lipinski definition) is 1. The van der Waals surface area contributed by atoms with Crippen LogP contribution in [-0.4, -0.2) is 42.4 Å². The predicted molar refractivity (Wildman–Crippen MR) is 159 cm³/mol. The van der Waals surface area contributed by atoms with Crippen LogP contribution in [-0.2, 0) is 4.79 Å². The third-order valence-electron chi connectivity index (χ3n) is 6.05. The van der Waals surface area contributed by atoms with Gasteiger partial charge in [0.25, 0.3) is 0 Å². The van der Waals surface area contributed by atoms with Crippen molar-refractivity contribution in [2.45, 2.75) is 33.1 Å². The first-order valence-corrected chi connectivity index (χ1v) is 13.2. The molecule has 5 nitrogen and oxygen atoms in total. The number of ether oxygens (including phenoxy) is 1. The van der Waals surface area contributed by atoms with E-state index in [1.807, 2.05) is 81.0 Å². The fourth-order valence-electron chi connectivity index (χ4n) is 3.76. The van der Waals surface area contributed by atoms with E-state index in [1.54, 1.807) is 0 Å². The Morgan fingerprint density at radius 2 is 1.71 bits per heavy atom. The van der Waals surface area contributed by atoms with Crippen molar-refractivity contribution in [1.29, 1.82) is 0 Å². The molecule has 1 N–H and O–H groups in total. The molecule has 0 unspecified atom stereocenters. The molecule has 0 aliphatic carbocycles. The van der Waals surface area contributed by atoms with E-state index in [9.17, 15) is 4.79 Å². The van der Waals surface area contributed by atoms with Gasteiger partial charge in [0.2, 0.25) is 0 Å². The fraction of sp³-hybridized carbons (Fsp3) is 0.250. The van der Waals surface area contributed by atoms with Crippen molar-refractivity contribution in [2.75, 3.05) is 20.2 Å². The van der Waals surface area contributed by atoms with Gasteiger partial charge < -0.3 is 14.7 Å². The Labute approximate surface area is 230 Å². The van der Waals surface area contributed by atoms with E-state index in [0.717, 1.165) is 57.3 Å². The molecule has 0 aliphatic heterocycles. The van der Waals surface area contributed by atoms with Crippen LogP contribution in [0.15, 0.2) is 84.0 Å². The maximum absolute atomic E-state index is 10.6. The minimum atomic E-state index is -0.769. The van der Waals surface area contributed by atoms with Gasteiger partial charge in [0.15, 0.2) is 0 Å². The van der Waals surface area contributed by atoms with Crippen LogP contribution in [0.3, 0.4) is 0 Å². The van der Waals surface area contributed by atoms with Crippen molar-refractivity contribution in [3.63, 3.8) is 0 Å². The van der Waals surface area contributed by atoms with E-state index in [2.05, 4.69) is 36.1 Å². The molecule has 198 valence electrons. The minimum absolute atomic E-state index is 0.179. The zero-order valence-corrected chi connectivity index (χ0v) is 23.0. The normalized spacial score (nSPS) is 11.8. The zero-order chi connectivity index (χ0) is 27.3. The molecule has 0 radical (unpaired) electrons. The van der Waals surface area contributed by atoms with Gasteiger partial charge >= 0.3 is 5.97 Å².